The van der Waals surface area contributed by atoms with E-state index in [1.165, 1.54) is 11.1 Å². The van der Waals surface area contributed by atoms with Crippen LogP contribution in [0.1, 0.15) is 23.2 Å². The van der Waals surface area contributed by atoms with E-state index >= 15 is 0 Å². The number of rotatable bonds is 13. The molecule has 0 unspecified atom stereocenters. The fourth-order valence-electron chi connectivity index (χ4n) is 4.07. The SMILES string of the molecule is COc1cccc(CN(Cc2cccc(OC)c2)c2nc(COCCCN3CCOCC3)cs2)c1. The van der Waals surface area contributed by atoms with Crippen molar-refractivity contribution < 1.29 is 18.9 Å². The fourth-order valence-corrected chi connectivity index (χ4v) is 4.88. The van der Waals surface area contributed by atoms with Crippen LogP contribution in [0.4, 0.5) is 5.13 Å². The highest BCUT2D eigenvalue weighted by Crippen LogP contribution is 2.27. The zero-order chi connectivity index (χ0) is 24.3. The van der Waals surface area contributed by atoms with Gasteiger partial charge in [0, 0.05) is 44.7 Å². The smallest absolute Gasteiger partial charge is 0.186 e. The van der Waals surface area contributed by atoms with Crippen molar-refractivity contribution in [2.24, 2.45) is 0 Å². The Balaban J connectivity index is 1.37. The second kappa shape index (κ2) is 13.4. The first-order valence-corrected chi connectivity index (χ1v) is 12.9. The summed E-state index contributed by atoms with van der Waals surface area (Å²) < 4.78 is 22.2. The van der Waals surface area contributed by atoms with Gasteiger partial charge in [0.2, 0.25) is 0 Å². The molecule has 1 saturated heterocycles. The van der Waals surface area contributed by atoms with Crippen molar-refractivity contribution in [1.82, 2.24) is 9.88 Å². The van der Waals surface area contributed by atoms with Crippen LogP contribution >= 0.6 is 11.3 Å². The normalized spacial score (nSPS) is 14.1. The summed E-state index contributed by atoms with van der Waals surface area (Å²) in [6.07, 6.45) is 1.02. The number of aromatic nitrogens is 1. The molecular formula is C27H35N3O4S. The number of hydrogen-bond acceptors (Lipinski definition) is 8. The maximum Gasteiger partial charge on any atom is 0.186 e. The highest BCUT2D eigenvalue weighted by Gasteiger charge is 2.15. The third-order valence-corrected chi connectivity index (χ3v) is 6.89. The lowest BCUT2D eigenvalue weighted by atomic mass is 10.1. The number of methoxy groups -OCH3 is 2. The number of nitrogens with zero attached hydrogens (tertiary/aromatic N) is 3. The Morgan fingerprint density at radius 3 is 2.26 bits per heavy atom. The molecule has 0 bridgehead atoms. The molecule has 3 aromatic rings. The fraction of sp³-hybridized carbons (Fsp3) is 0.444. The number of hydrogen-bond donors (Lipinski definition) is 0. The van der Waals surface area contributed by atoms with Crippen LogP contribution in [-0.4, -0.2) is 63.6 Å². The largest absolute Gasteiger partial charge is 0.497 e. The summed E-state index contributed by atoms with van der Waals surface area (Å²) in [6.45, 7) is 7.49. The van der Waals surface area contributed by atoms with E-state index in [4.69, 9.17) is 23.9 Å². The second-order valence-electron chi connectivity index (χ2n) is 8.54. The first-order valence-electron chi connectivity index (χ1n) is 12.1. The molecule has 0 radical (unpaired) electrons. The Labute approximate surface area is 212 Å². The van der Waals surface area contributed by atoms with E-state index < -0.39 is 0 Å². The minimum absolute atomic E-state index is 0.534. The number of morpholine rings is 1. The first kappa shape index (κ1) is 25.4. The van der Waals surface area contributed by atoms with Gasteiger partial charge in [-0.25, -0.2) is 4.98 Å². The van der Waals surface area contributed by atoms with E-state index in [1.54, 1.807) is 25.6 Å². The van der Waals surface area contributed by atoms with Crippen molar-refractivity contribution in [3.63, 3.8) is 0 Å². The number of benzene rings is 2. The summed E-state index contributed by atoms with van der Waals surface area (Å²) in [5.41, 5.74) is 3.31. The van der Waals surface area contributed by atoms with Crippen molar-refractivity contribution >= 4 is 16.5 Å². The Morgan fingerprint density at radius 1 is 0.971 bits per heavy atom. The summed E-state index contributed by atoms with van der Waals surface area (Å²) >= 11 is 1.65. The topological polar surface area (TPSA) is 56.3 Å². The Morgan fingerprint density at radius 2 is 1.63 bits per heavy atom. The molecule has 0 aliphatic carbocycles. The van der Waals surface area contributed by atoms with Crippen LogP contribution in [0.3, 0.4) is 0 Å². The molecule has 188 valence electrons. The van der Waals surface area contributed by atoms with E-state index in [-0.39, 0.29) is 0 Å². The average Bonchev–Trinajstić information content (AvgIpc) is 3.38. The molecule has 1 aliphatic rings. The Hall–Kier alpha value is -2.65. The van der Waals surface area contributed by atoms with E-state index in [2.05, 4.69) is 39.4 Å². The van der Waals surface area contributed by atoms with Gasteiger partial charge in [-0.05, 0) is 41.8 Å². The molecule has 0 atom stereocenters. The highest BCUT2D eigenvalue weighted by molar-refractivity contribution is 7.13. The predicted molar refractivity (Wildman–Crippen MR) is 140 cm³/mol. The van der Waals surface area contributed by atoms with E-state index in [9.17, 15) is 0 Å². The standard InChI is InChI=1S/C27H35N3O4S/c1-31-25-8-3-6-22(16-25)18-30(19-23-7-4-9-26(17-23)32-2)27-28-24(21-35-27)20-34-13-5-10-29-11-14-33-15-12-29/h3-4,6-9,16-17,21H,5,10-15,18-20H2,1-2H3. The van der Waals surface area contributed by atoms with Crippen LogP contribution in [0.15, 0.2) is 53.9 Å². The van der Waals surface area contributed by atoms with E-state index in [0.717, 1.165) is 81.3 Å². The van der Waals surface area contributed by atoms with Crippen molar-refractivity contribution in [1.29, 1.82) is 0 Å². The van der Waals surface area contributed by atoms with Gasteiger partial charge in [0.05, 0.1) is 39.7 Å². The van der Waals surface area contributed by atoms with E-state index in [0.29, 0.717) is 6.61 Å². The first-order chi connectivity index (χ1) is 17.2. The van der Waals surface area contributed by atoms with Crippen molar-refractivity contribution in [3.8, 4) is 11.5 Å². The van der Waals surface area contributed by atoms with Gasteiger partial charge in [-0.15, -0.1) is 11.3 Å². The van der Waals surface area contributed by atoms with Gasteiger partial charge in [-0.1, -0.05) is 24.3 Å². The summed E-state index contributed by atoms with van der Waals surface area (Å²) in [6, 6.07) is 16.4. The molecule has 0 saturated carbocycles. The van der Waals surface area contributed by atoms with Crippen LogP contribution in [-0.2, 0) is 29.2 Å². The number of ether oxygens (including phenoxy) is 4. The number of thiazole rings is 1. The third-order valence-electron chi connectivity index (χ3n) is 5.94. The lowest BCUT2D eigenvalue weighted by Gasteiger charge is -2.26. The van der Waals surface area contributed by atoms with Gasteiger partial charge >= 0.3 is 0 Å². The average molecular weight is 498 g/mol. The minimum atomic E-state index is 0.534. The monoisotopic (exact) mass is 497 g/mol. The molecule has 1 fully saturated rings. The molecule has 4 rings (SSSR count). The summed E-state index contributed by atoms with van der Waals surface area (Å²) in [5, 5.41) is 3.07. The van der Waals surface area contributed by atoms with Gasteiger partial charge < -0.3 is 23.8 Å². The summed E-state index contributed by atoms with van der Waals surface area (Å²) in [4.78, 5) is 9.63. The number of anilines is 1. The van der Waals surface area contributed by atoms with Gasteiger partial charge in [0.1, 0.15) is 11.5 Å². The maximum atomic E-state index is 5.94. The highest BCUT2D eigenvalue weighted by atomic mass is 32.1. The zero-order valence-corrected chi connectivity index (χ0v) is 21.5. The molecule has 2 aromatic carbocycles. The quantitative estimate of drug-likeness (QED) is 0.320. The van der Waals surface area contributed by atoms with Gasteiger partial charge in [0.15, 0.2) is 5.13 Å². The van der Waals surface area contributed by atoms with Crippen molar-refractivity contribution in [2.75, 3.05) is 58.6 Å². The second-order valence-corrected chi connectivity index (χ2v) is 9.38. The van der Waals surface area contributed by atoms with Crippen molar-refractivity contribution in [2.45, 2.75) is 26.1 Å². The Kier molecular flexibility index (Phi) is 9.77. The summed E-state index contributed by atoms with van der Waals surface area (Å²) in [5.74, 6) is 1.71. The molecule has 0 N–H and O–H groups in total. The van der Waals surface area contributed by atoms with Gasteiger partial charge in [0.25, 0.3) is 0 Å². The van der Waals surface area contributed by atoms with Crippen molar-refractivity contribution in [3.05, 3.63) is 70.7 Å². The molecule has 1 aliphatic heterocycles. The van der Waals surface area contributed by atoms with Crippen LogP contribution in [0, 0.1) is 0 Å². The molecule has 0 amide bonds. The van der Waals surface area contributed by atoms with E-state index in [1.807, 2.05) is 24.3 Å². The minimum Gasteiger partial charge on any atom is -0.497 e. The molecular weight excluding hydrogens is 462 g/mol. The lowest BCUT2D eigenvalue weighted by molar-refractivity contribution is 0.0309. The predicted octanol–water partition coefficient (Wildman–Crippen LogP) is 4.61. The summed E-state index contributed by atoms with van der Waals surface area (Å²) in [7, 11) is 3.39. The molecule has 7 nitrogen and oxygen atoms in total. The van der Waals surface area contributed by atoms with Crippen LogP contribution in [0.2, 0.25) is 0 Å². The molecule has 2 heterocycles. The van der Waals surface area contributed by atoms with Gasteiger partial charge in [-0.2, -0.15) is 0 Å². The zero-order valence-electron chi connectivity index (χ0n) is 20.7. The van der Waals surface area contributed by atoms with Gasteiger partial charge in [-0.3, -0.25) is 4.90 Å². The molecule has 35 heavy (non-hydrogen) atoms. The van der Waals surface area contributed by atoms with Crippen LogP contribution in [0.25, 0.3) is 0 Å². The lowest BCUT2D eigenvalue weighted by Crippen LogP contribution is -2.37. The molecule has 8 heteroatoms. The Bertz CT molecular complexity index is 989. The third kappa shape index (κ3) is 7.93. The van der Waals surface area contributed by atoms with Crippen LogP contribution in [0.5, 0.6) is 11.5 Å². The van der Waals surface area contributed by atoms with Crippen LogP contribution < -0.4 is 14.4 Å². The molecule has 0 spiro atoms. The molecule has 1 aromatic heterocycles. The maximum absolute atomic E-state index is 5.94.